The molecule has 0 bridgehead atoms. The van der Waals surface area contributed by atoms with Crippen LogP contribution in [0.1, 0.15) is 6.92 Å². The number of nitrogens with two attached hydrogens (primary N) is 1. The second-order valence-corrected chi connectivity index (χ2v) is 4.52. The number of carbonyl (C=O) groups excluding carboxylic acids is 3. The van der Waals surface area contributed by atoms with E-state index < -0.39 is 5.91 Å². The van der Waals surface area contributed by atoms with Gasteiger partial charge in [0.2, 0.25) is 5.91 Å². The van der Waals surface area contributed by atoms with E-state index in [9.17, 15) is 14.4 Å². The molecule has 1 aliphatic rings. The van der Waals surface area contributed by atoms with Crippen molar-refractivity contribution in [1.82, 2.24) is 4.90 Å². The Hall–Kier alpha value is -2.83. The zero-order valence-electron chi connectivity index (χ0n) is 11.5. The number of benzene rings is 1. The Bertz CT molecular complexity index is 607. The van der Waals surface area contributed by atoms with Crippen molar-refractivity contribution in [3.05, 3.63) is 36.0 Å². The maximum absolute atomic E-state index is 11.5. The molecule has 0 saturated carbocycles. The lowest BCUT2D eigenvalue weighted by Gasteiger charge is -2.12. The van der Waals surface area contributed by atoms with Crippen molar-refractivity contribution in [1.29, 1.82) is 0 Å². The van der Waals surface area contributed by atoms with Gasteiger partial charge in [-0.25, -0.2) is 0 Å². The van der Waals surface area contributed by atoms with E-state index in [-0.39, 0.29) is 25.0 Å². The van der Waals surface area contributed by atoms with Gasteiger partial charge in [0, 0.05) is 24.4 Å². The summed E-state index contributed by atoms with van der Waals surface area (Å²) in [6, 6.07) is 6.81. The Kier molecular flexibility index (Phi) is 4.22. The van der Waals surface area contributed by atoms with E-state index in [0.29, 0.717) is 11.4 Å². The molecule has 1 heterocycles. The van der Waals surface area contributed by atoms with Gasteiger partial charge in [0.05, 0.1) is 6.54 Å². The lowest BCUT2D eigenvalue weighted by atomic mass is 10.3. The summed E-state index contributed by atoms with van der Waals surface area (Å²) in [6.07, 6.45) is 1.39. The minimum atomic E-state index is -0.545. The summed E-state index contributed by atoms with van der Waals surface area (Å²) >= 11 is 0. The number of primary amides is 1. The molecule has 0 spiro atoms. The molecule has 7 heteroatoms. The fourth-order valence-electron chi connectivity index (χ4n) is 1.84. The van der Waals surface area contributed by atoms with Gasteiger partial charge in [-0.05, 0) is 24.3 Å². The van der Waals surface area contributed by atoms with Crippen molar-refractivity contribution < 1.29 is 19.1 Å². The van der Waals surface area contributed by atoms with E-state index in [0.717, 1.165) is 10.6 Å². The molecule has 2 rings (SSSR count). The summed E-state index contributed by atoms with van der Waals surface area (Å²) in [4.78, 5) is 34.5. The number of nitrogens with one attached hydrogen (secondary N) is 1. The number of ether oxygens (including phenoxy) is 1. The third-order valence-corrected chi connectivity index (χ3v) is 2.81. The zero-order valence-corrected chi connectivity index (χ0v) is 11.5. The highest BCUT2D eigenvalue weighted by Crippen LogP contribution is 2.19. The van der Waals surface area contributed by atoms with Crippen LogP contribution < -0.4 is 15.8 Å². The van der Waals surface area contributed by atoms with Gasteiger partial charge >= 0.3 is 0 Å². The highest BCUT2D eigenvalue weighted by Gasteiger charge is 2.24. The number of hydrogen-bond donors (Lipinski definition) is 2. The normalized spacial score (nSPS) is 13.9. The van der Waals surface area contributed by atoms with Crippen molar-refractivity contribution in [3.8, 4) is 5.75 Å². The van der Waals surface area contributed by atoms with Crippen molar-refractivity contribution in [2.45, 2.75) is 6.92 Å². The molecule has 110 valence electrons. The second kappa shape index (κ2) is 6.08. The number of anilines is 1. The first-order chi connectivity index (χ1) is 9.95. The van der Waals surface area contributed by atoms with Crippen LogP contribution in [0.2, 0.25) is 0 Å². The lowest BCUT2D eigenvalue weighted by Crippen LogP contribution is -2.31. The third-order valence-electron chi connectivity index (χ3n) is 2.81. The Morgan fingerprint density at radius 3 is 2.52 bits per heavy atom. The Morgan fingerprint density at radius 1 is 1.33 bits per heavy atom. The predicted octanol–water partition coefficient (Wildman–Crippen LogP) is 0.235. The predicted molar refractivity (Wildman–Crippen MR) is 75.2 cm³/mol. The van der Waals surface area contributed by atoms with Gasteiger partial charge in [0.1, 0.15) is 5.75 Å². The van der Waals surface area contributed by atoms with Crippen LogP contribution in [0.25, 0.3) is 0 Å². The molecule has 1 aromatic rings. The van der Waals surface area contributed by atoms with Crippen molar-refractivity contribution >= 4 is 23.4 Å². The molecule has 21 heavy (non-hydrogen) atoms. The number of imide groups is 1. The Morgan fingerprint density at radius 2 is 2.00 bits per heavy atom. The van der Waals surface area contributed by atoms with E-state index in [2.05, 4.69) is 5.32 Å². The molecule has 1 aliphatic heterocycles. The quantitative estimate of drug-likeness (QED) is 0.808. The van der Waals surface area contributed by atoms with E-state index in [1.165, 1.54) is 13.0 Å². The van der Waals surface area contributed by atoms with Crippen molar-refractivity contribution in [2.24, 2.45) is 5.73 Å². The minimum absolute atomic E-state index is 0.181. The SMILES string of the molecule is CC(=O)N1CC(Nc2ccc(OCC(N)=O)cc2)=CC1=O. The second-order valence-electron chi connectivity index (χ2n) is 4.52. The average molecular weight is 289 g/mol. The number of rotatable bonds is 5. The number of amides is 3. The van der Waals surface area contributed by atoms with Gasteiger partial charge in [0.15, 0.2) is 6.61 Å². The number of nitrogens with zero attached hydrogens (tertiary/aromatic N) is 1. The van der Waals surface area contributed by atoms with Gasteiger partial charge in [-0.3, -0.25) is 19.3 Å². The van der Waals surface area contributed by atoms with Crippen LogP contribution in [0.4, 0.5) is 5.69 Å². The van der Waals surface area contributed by atoms with E-state index in [1.54, 1.807) is 24.3 Å². The molecular weight excluding hydrogens is 274 g/mol. The number of hydrogen-bond acceptors (Lipinski definition) is 5. The molecule has 0 radical (unpaired) electrons. The van der Waals surface area contributed by atoms with Gasteiger partial charge in [-0.15, -0.1) is 0 Å². The largest absolute Gasteiger partial charge is 0.484 e. The first-order valence-electron chi connectivity index (χ1n) is 6.26. The van der Waals surface area contributed by atoms with Crippen LogP contribution in [0, 0.1) is 0 Å². The fraction of sp³-hybridized carbons (Fsp3) is 0.214. The van der Waals surface area contributed by atoms with Crippen LogP contribution in [-0.2, 0) is 14.4 Å². The molecule has 0 aliphatic carbocycles. The minimum Gasteiger partial charge on any atom is -0.484 e. The smallest absolute Gasteiger partial charge is 0.255 e. The van der Waals surface area contributed by atoms with Gasteiger partial charge in [-0.2, -0.15) is 0 Å². The standard InChI is InChI=1S/C14H15N3O4/c1-9(18)17-7-11(6-14(17)20)16-10-2-4-12(5-3-10)21-8-13(15)19/h2-6,16H,7-8H2,1H3,(H2,15,19). The van der Waals surface area contributed by atoms with Gasteiger partial charge in [-0.1, -0.05) is 0 Å². The monoisotopic (exact) mass is 289 g/mol. The van der Waals surface area contributed by atoms with Crippen molar-refractivity contribution in [2.75, 3.05) is 18.5 Å². The summed E-state index contributed by atoms with van der Waals surface area (Å²) in [5.41, 5.74) is 6.36. The molecule has 1 aromatic carbocycles. The molecule has 0 saturated heterocycles. The van der Waals surface area contributed by atoms with Crippen LogP contribution in [-0.4, -0.2) is 35.8 Å². The summed E-state index contributed by atoms with van der Waals surface area (Å²) < 4.78 is 5.13. The number of carbonyl (C=O) groups is 3. The molecule has 0 aromatic heterocycles. The maximum Gasteiger partial charge on any atom is 0.255 e. The van der Waals surface area contributed by atoms with E-state index in [4.69, 9.17) is 10.5 Å². The maximum atomic E-state index is 11.5. The molecular formula is C14H15N3O4. The van der Waals surface area contributed by atoms with Gasteiger partial charge < -0.3 is 15.8 Å². The summed E-state index contributed by atoms with van der Waals surface area (Å²) in [7, 11) is 0. The molecule has 0 fully saturated rings. The molecule has 0 unspecified atom stereocenters. The zero-order chi connectivity index (χ0) is 15.4. The summed E-state index contributed by atoms with van der Waals surface area (Å²) in [5, 5.41) is 3.05. The Labute approximate surface area is 121 Å². The van der Waals surface area contributed by atoms with Crippen LogP contribution in [0.15, 0.2) is 36.0 Å². The summed E-state index contributed by atoms with van der Waals surface area (Å²) in [6.45, 7) is 1.40. The van der Waals surface area contributed by atoms with Gasteiger partial charge in [0.25, 0.3) is 11.8 Å². The third kappa shape index (κ3) is 3.82. The first kappa shape index (κ1) is 14.6. The summed E-state index contributed by atoms with van der Waals surface area (Å²) in [5.74, 6) is -0.646. The molecule has 0 atom stereocenters. The van der Waals surface area contributed by atoms with Crippen molar-refractivity contribution in [3.63, 3.8) is 0 Å². The average Bonchev–Trinajstić information content (AvgIpc) is 2.79. The highest BCUT2D eigenvalue weighted by molar-refractivity contribution is 6.03. The molecule has 7 nitrogen and oxygen atoms in total. The van der Waals surface area contributed by atoms with Crippen LogP contribution in [0.5, 0.6) is 5.75 Å². The topological polar surface area (TPSA) is 102 Å². The van der Waals surface area contributed by atoms with E-state index >= 15 is 0 Å². The first-order valence-corrected chi connectivity index (χ1v) is 6.26. The fourth-order valence-corrected chi connectivity index (χ4v) is 1.84. The highest BCUT2D eigenvalue weighted by atomic mass is 16.5. The van der Waals surface area contributed by atoms with Crippen LogP contribution in [0.3, 0.4) is 0 Å². The Balaban J connectivity index is 1.95. The molecule has 3 amide bonds. The molecule has 3 N–H and O–H groups in total. The van der Waals surface area contributed by atoms with E-state index in [1.807, 2.05) is 0 Å². The van der Waals surface area contributed by atoms with Crippen LogP contribution >= 0.6 is 0 Å². The lowest BCUT2D eigenvalue weighted by molar-refractivity contribution is -0.138.